The first-order valence-corrected chi connectivity index (χ1v) is 13.7. The van der Waals surface area contributed by atoms with Crippen LogP contribution in [-0.4, -0.2) is 84.6 Å². The van der Waals surface area contributed by atoms with Gasteiger partial charge in [-0.15, -0.1) is 0 Å². The fourth-order valence-electron chi connectivity index (χ4n) is 4.69. The number of halogens is 1. The van der Waals surface area contributed by atoms with Gasteiger partial charge in [-0.2, -0.15) is 5.10 Å². The number of nitrogens with zero attached hydrogens (tertiary/aromatic N) is 3. The lowest BCUT2D eigenvalue weighted by molar-refractivity contribution is -0.111. The highest BCUT2D eigenvalue weighted by Crippen LogP contribution is 2.24. The number of aromatic amines is 1. The number of carbonyl (C=O) groups is 3. The van der Waals surface area contributed by atoms with Crippen molar-refractivity contribution in [2.75, 3.05) is 51.5 Å². The fourth-order valence-corrected chi connectivity index (χ4v) is 4.69. The zero-order chi connectivity index (χ0) is 30.1. The molecule has 0 saturated carbocycles. The second-order valence-corrected chi connectivity index (χ2v) is 10.3. The van der Waals surface area contributed by atoms with E-state index in [0.717, 1.165) is 49.8 Å². The number of ether oxygens (including phenoxy) is 1. The standard InChI is InChI=1S/C30H36FN7O4/c1-37(2)14-6-11-26(39)33-22-8-4-7-20(17-22)19-38-15-12-21(13-16-38)34-30(41)28-24(18-32-36-28)35-29(40)27-23(31)9-5-10-25(27)42-3/h4-11,17-18,21H,12-16,19H2,1-3H3,(H,32,36)(H,33,39)(H,34,41)(H,35,40)/b11-6+. The molecule has 1 fully saturated rings. The Morgan fingerprint density at radius 1 is 1.12 bits per heavy atom. The van der Waals surface area contributed by atoms with E-state index in [-0.39, 0.29) is 34.6 Å². The van der Waals surface area contributed by atoms with Crippen molar-refractivity contribution in [3.8, 4) is 5.75 Å². The van der Waals surface area contributed by atoms with Crippen LogP contribution in [0.25, 0.3) is 0 Å². The smallest absolute Gasteiger partial charge is 0.274 e. The second-order valence-electron chi connectivity index (χ2n) is 10.3. The molecule has 0 atom stereocenters. The highest BCUT2D eigenvalue weighted by atomic mass is 19.1. The van der Waals surface area contributed by atoms with Crippen molar-refractivity contribution in [2.45, 2.75) is 25.4 Å². The molecular weight excluding hydrogens is 541 g/mol. The molecule has 0 radical (unpaired) electrons. The van der Waals surface area contributed by atoms with Crippen LogP contribution in [0.2, 0.25) is 0 Å². The molecule has 4 rings (SSSR count). The van der Waals surface area contributed by atoms with Crippen molar-refractivity contribution < 1.29 is 23.5 Å². The van der Waals surface area contributed by atoms with Crippen molar-refractivity contribution in [1.82, 2.24) is 25.3 Å². The van der Waals surface area contributed by atoms with Crippen molar-refractivity contribution in [3.63, 3.8) is 0 Å². The first kappa shape index (κ1) is 30.4. The summed E-state index contributed by atoms with van der Waals surface area (Å²) in [5.41, 5.74) is 1.71. The molecule has 0 spiro atoms. The average molecular weight is 578 g/mol. The highest BCUT2D eigenvalue weighted by Gasteiger charge is 2.25. The SMILES string of the molecule is COc1cccc(F)c1C(=O)Nc1c[nH]nc1C(=O)NC1CCN(Cc2cccc(NC(=O)/C=C/CN(C)C)c2)CC1. The largest absolute Gasteiger partial charge is 0.496 e. The number of likely N-dealkylation sites (N-methyl/N-ethyl adjacent to an activating group) is 1. The van der Waals surface area contributed by atoms with E-state index in [9.17, 15) is 18.8 Å². The molecule has 0 unspecified atom stereocenters. The molecule has 3 aromatic rings. The summed E-state index contributed by atoms with van der Waals surface area (Å²) in [4.78, 5) is 42.2. The number of H-pyrrole nitrogens is 1. The Morgan fingerprint density at radius 2 is 1.88 bits per heavy atom. The van der Waals surface area contributed by atoms with E-state index in [1.807, 2.05) is 49.3 Å². The number of amides is 3. The molecule has 2 heterocycles. The number of hydrogen-bond acceptors (Lipinski definition) is 7. The minimum absolute atomic E-state index is 0.0107. The fraction of sp³-hybridized carbons (Fsp3) is 0.333. The summed E-state index contributed by atoms with van der Waals surface area (Å²) in [6, 6.07) is 11.8. The molecule has 11 nitrogen and oxygen atoms in total. The van der Waals surface area contributed by atoms with E-state index in [4.69, 9.17) is 4.74 Å². The number of carbonyl (C=O) groups excluding carboxylic acids is 3. The number of anilines is 2. The molecule has 42 heavy (non-hydrogen) atoms. The summed E-state index contributed by atoms with van der Waals surface area (Å²) < 4.78 is 19.4. The third-order valence-electron chi connectivity index (χ3n) is 6.79. The first-order valence-electron chi connectivity index (χ1n) is 13.7. The van der Waals surface area contributed by atoms with Gasteiger partial charge in [0.25, 0.3) is 11.8 Å². The zero-order valence-electron chi connectivity index (χ0n) is 23.9. The summed E-state index contributed by atoms with van der Waals surface area (Å²) in [6.07, 6.45) is 6.19. The van der Waals surface area contributed by atoms with Crippen LogP contribution in [0.3, 0.4) is 0 Å². The van der Waals surface area contributed by atoms with Crippen molar-refractivity contribution in [2.24, 2.45) is 0 Å². The highest BCUT2D eigenvalue weighted by molar-refractivity contribution is 6.09. The van der Waals surface area contributed by atoms with Gasteiger partial charge in [-0.25, -0.2) is 4.39 Å². The Labute approximate surface area is 244 Å². The van der Waals surface area contributed by atoms with Crippen molar-refractivity contribution >= 4 is 29.1 Å². The van der Waals surface area contributed by atoms with Crippen molar-refractivity contribution in [3.05, 3.63) is 83.5 Å². The van der Waals surface area contributed by atoms with Crippen LogP contribution in [-0.2, 0) is 11.3 Å². The predicted octanol–water partition coefficient (Wildman–Crippen LogP) is 3.26. The van der Waals surface area contributed by atoms with Crippen LogP contribution in [0, 0.1) is 5.82 Å². The lowest BCUT2D eigenvalue weighted by Crippen LogP contribution is -2.44. The maximum atomic E-state index is 14.3. The Kier molecular flexibility index (Phi) is 10.4. The molecule has 1 aromatic heterocycles. The van der Waals surface area contributed by atoms with Crippen LogP contribution in [0.15, 0.2) is 60.8 Å². The monoisotopic (exact) mass is 577 g/mol. The normalized spacial score (nSPS) is 14.2. The van der Waals surface area contributed by atoms with E-state index < -0.39 is 17.6 Å². The molecule has 12 heteroatoms. The Balaban J connectivity index is 1.27. The van der Waals surface area contributed by atoms with Crippen LogP contribution >= 0.6 is 0 Å². The number of likely N-dealkylation sites (tertiary alicyclic amines) is 1. The maximum Gasteiger partial charge on any atom is 0.274 e. The van der Waals surface area contributed by atoms with Gasteiger partial charge in [0.15, 0.2) is 5.69 Å². The quantitative estimate of drug-likeness (QED) is 0.257. The molecule has 1 aliphatic rings. The minimum atomic E-state index is -0.752. The number of rotatable bonds is 11. The van der Waals surface area contributed by atoms with Crippen LogP contribution in [0.1, 0.15) is 39.3 Å². The lowest BCUT2D eigenvalue weighted by Gasteiger charge is -2.32. The molecule has 2 aromatic carbocycles. The minimum Gasteiger partial charge on any atom is -0.496 e. The number of benzene rings is 2. The van der Waals surface area contributed by atoms with E-state index >= 15 is 0 Å². The van der Waals surface area contributed by atoms with E-state index in [1.165, 1.54) is 31.5 Å². The number of hydrogen-bond donors (Lipinski definition) is 4. The lowest BCUT2D eigenvalue weighted by atomic mass is 10.0. The zero-order valence-corrected chi connectivity index (χ0v) is 23.9. The maximum absolute atomic E-state index is 14.3. The van der Waals surface area contributed by atoms with Gasteiger partial charge in [0.05, 0.1) is 12.8 Å². The summed E-state index contributed by atoms with van der Waals surface area (Å²) >= 11 is 0. The Bertz CT molecular complexity index is 1430. The van der Waals surface area contributed by atoms with Crippen LogP contribution in [0.4, 0.5) is 15.8 Å². The summed E-state index contributed by atoms with van der Waals surface area (Å²) in [6.45, 7) is 2.95. The molecule has 3 amide bonds. The van der Waals surface area contributed by atoms with Gasteiger partial charge >= 0.3 is 0 Å². The Morgan fingerprint density at radius 3 is 2.62 bits per heavy atom. The first-order chi connectivity index (χ1) is 20.2. The topological polar surface area (TPSA) is 132 Å². The van der Waals surface area contributed by atoms with E-state index in [0.29, 0.717) is 6.54 Å². The second kappa shape index (κ2) is 14.4. The van der Waals surface area contributed by atoms with Gasteiger partial charge in [0, 0.05) is 50.2 Å². The molecule has 1 aliphatic heterocycles. The number of aromatic nitrogens is 2. The summed E-state index contributed by atoms with van der Waals surface area (Å²) in [5.74, 6) is -2.01. The van der Waals surface area contributed by atoms with Gasteiger partial charge in [0.1, 0.15) is 17.1 Å². The van der Waals surface area contributed by atoms with Gasteiger partial charge in [-0.3, -0.25) is 24.4 Å². The predicted molar refractivity (Wildman–Crippen MR) is 158 cm³/mol. The molecule has 1 saturated heterocycles. The van der Waals surface area contributed by atoms with Crippen LogP contribution < -0.4 is 20.7 Å². The molecule has 222 valence electrons. The average Bonchev–Trinajstić information content (AvgIpc) is 3.42. The van der Waals surface area contributed by atoms with Gasteiger partial charge in [-0.05, 0) is 56.8 Å². The molecule has 0 bridgehead atoms. The number of piperidine rings is 1. The molecule has 0 aliphatic carbocycles. The van der Waals surface area contributed by atoms with Gasteiger partial charge in [-0.1, -0.05) is 24.3 Å². The van der Waals surface area contributed by atoms with Crippen molar-refractivity contribution in [1.29, 1.82) is 0 Å². The van der Waals surface area contributed by atoms with Gasteiger partial charge in [0.2, 0.25) is 5.91 Å². The summed E-state index contributed by atoms with van der Waals surface area (Å²) in [5, 5.41) is 15.0. The third-order valence-corrected chi connectivity index (χ3v) is 6.79. The van der Waals surface area contributed by atoms with E-state index in [1.54, 1.807) is 0 Å². The van der Waals surface area contributed by atoms with Gasteiger partial charge < -0.3 is 25.6 Å². The number of methoxy groups -OCH3 is 1. The molecular formula is C30H36FN7O4. The summed E-state index contributed by atoms with van der Waals surface area (Å²) in [7, 11) is 5.22. The molecule has 4 N–H and O–H groups in total. The Hall–Kier alpha value is -4.55. The number of nitrogens with one attached hydrogen (secondary N) is 4. The third kappa shape index (κ3) is 8.24. The van der Waals surface area contributed by atoms with E-state index in [2.05, 4.69) is 31.0 Å². The van der Waals surface area contributed by atoms with Crippen LogP contribution in [0.5, 0.6) is 5.75 Å².